The average Bonchev–Trinajstić information content (AvgIpc) is 2.52. The minimum Gasteiger partial charge on any atom is -0.373 e. The van der Waals surface area contributed by atoms with Gasteiger partial charge in [-0.1, -0.05) is 6.07 Å². The van der Waals surface area contributed by atoms with E-state index in [9.17, 15) is 21.6 Å². The second kappa shape index (κ2) is 7.46. The fraction of sp³-hybridized carbons (Fsp3) is 0.647. The van der Waals surface area contributed by atoms with Gasteiger partial charge in [-0.05, 0) is 45.9 Å². The molecule has 2 atom stereocenters. The number of hydrogen-bond donors (Lipinski definition) is 1. The molecule has 0 radical (unpaired) electrons. The van der Waals surface area contributed by atoms with E-state index in [0.29, 0.717) is 19.2 Å². The maximum absolute atomic E-state index is 12.8. The van der Waals surface area contributed by atoms with Crippen LogP contribution in [0.15, 0.2) is 29.2 Å². The number of nitrogens with one attached hydrogen (secondary N) is 1. The molecule has 1 heterocycles. The van der Waals surface area contributed by atoms with Crippen LogP contribution in [0.1, 0.15) is 33.3 Å². The molecule has 0 aromatic heterocycles. The Balaban J connectivity index is 2.12. The number of halogens is 3. The summed E-state index contributed by atoms with van der Waals surface area (Å²) >= 11 is 0. The number of ether oxygens (including phenoxy) is 1. The van der Waals surface area contributed by atoms with Crippen LogP contribution in [-0.4, -0.2) is 50.7 Å². The summed E-state index contributed by atoms with van der Waals surface area (Å²) in [7, 11) is -4.05. The van der Waals surface area contributed by atoms with Gasteiger partial charge >= 0.3 is 6.18 Å². The number of benzene rings is 1. The predicted octanol–water partition coefficient (Wildman–Crippen LogP) is 2.87. The molecule has 5 nitrogen and oxygen atoms in total. The third-order valence-electron chi connectivity index (χ3n) is 4.44. The van der Waals surface area contributed by atoms with Gasteiger partial charge in [-0.2, -0.15) is 13.2 Å². The van der Waals surface area contributed by atoms with Crippen LogP contribution in [-0.2, 0) is 20.9 Å². The summed E-state index contributed by atoms with van der Waals surface area (Å²) in [6.45, 7) is 9.08. The van der Waals surface area contributed by atoms with E-state index >= 15 is 0 Å². The predicted molar refractivity (Wildman–Crippen MR) is 92.3 cm³/mol. The summed E-state index contributed by atoms with van der Waals surface area (Å²) in [6.07, 6.45) is -4.54. The van der Waals surface area contributed by atoms with Gasteiger partial charge in [0, 0.05) is 25.2 Å². The topological polar surface area (TPSA) is 58.6 Å². The number of morpholine rings is 1. The van der Waals surface area contributed by atoms with Crippen molar-refractivity contribution in [2.24, 2.45) is 0 Å². The van der Waals surface area contributed by atoms with Crippen molar-refractivity contribution in [1.29, 1.82) is 0 Å². The molecule has 1 saturated heterocycles. The fourth-order valence-electron chi connectivity index (χ4n) is 2.98. The Morgan fingerprint density at radius 1 is 1.19 bits per heavy atom. The summed E-state index contributed by atoms with van der Waals surface area (Å²) in [5.41, 5.74) is -1.50. The maximum Gasteiger partial charge on any atom is 0.416 e. The lowest BCUT2D eigenvalue weighted by molar-refractivity contribution is -0.137. The van der Waals surface area contributed by atoms with Gasteiger partial charge in [-0.25, -0.2) is 13.1 Å². The molecule has 1 aromatic carbocycles. The first-order chi connectivity index (χ1) is 11.8. The minimum absolute atomic E-state index is 0.0260. The highest BCUT2D eigenvalue weighted by molar-refractivity contribution is 7.89. The summed E-state index contributed by atoms with van der Waals surface area (Å²) < 4.78 is 71.5. The highest BCUT2D eigenvalue weighted by Crippen LogP contribution is 2.30. The molecule has 0 bridgehead atoms. The zero-order chi connectivity index (χ0) is 19.8. The first-order valence-corrected chi connectivity index (χ1v) is 9.87. The second-order valence-electron chi connectivity index (χ2n) is 7.32. The van der Waals surface area contributed by atoms with E-state index in [1.165, 1.54) is 0 Å². The third-order valence-corrected chi connectivity index (χ3v) is 5.84. The Hall–Kier alpha value is -1.16. The molecule has 0 aliphatic carbocycles. The second-order valence-corrected chi connectivity index (χ2v) is 9.09. The normalized spacial score (nSPS) is 23.2. The molecule has 9 heteroatoms. The Bertz CT molecular complexity index is 725. The van der Waals surface area contributed by atoms with Crippen LogP contribution in [0.25, 0.3) is 0 Å². The number of alkyl halides is 3. The van der Waals surface area contributed by atoms with Gasteiger partial charge in [-0.15, -0.1) is 0 Å². The van der Waals surface area contributed by atoms with Crippen LogP contribution in [0.2, 0.25) is 0 Å². The van der Waals surface area contributed by atoms with Gasteiger partial charge in [0.2, 0.25) is 10.0 Å². The highest BCUT2D eigenvalue weighted by atomic mass is 32.2. The Kier molecular flexibility index (Phi) is 6.06. The fourth-order valence-corrected chi connectivity index (χ4v) is 4.23. The van der Waals surface area contributed by atoms with Gasteiger partial charge in [0.05, 0.1) is 22.7 Å². The van der Waals surface area contributed by atoms with Crippen LogP contribution in [0.4, 0.5) is 13.2 Å². The van der Waals surface area contributed by atoms with E-state index in [2.05, 4.69) is 9.62 Å². The van der Waals surface area contributed by atoms with Crippen LogP contribution < -0.4 is 4.72 Å². The van der Waals surface area contributed by atoms with Crippen LogP contribution >= 0.6 is 0 Å². The molecule has 2 rings (SSSR count). The highest BCUT2D eigenvalue weighted by Gasteiger charge is 2.35. The molecule has 1 aliphatic heterocycles. The van der Waals surface area contributed by atoms with Gasteiger partial charge < -0.3 is 4.74 Å². The lowest BCUT2D eigenvalue weighted by Crippen LogP contribution is -2.58. The number of hydrogen-bond acceptors (Lipinski definition) is 4. The van der Waals surface area contributed by atoms with Crippen LogP contribution in [0, 0.1) is 0 Å². The van der Waals surface area contributed by atoms with E-state index < -0.39 is 32.2 Å². The van der Waals surface area contributed by atoms with Crippen LogP contribution in [0.5, 0.6) is 0 Å². The molecule has 0 saturated carbocycles. The van der Waals surface area contributed by atoms with E-state index in [1.807, 2.05) is 27.7 Å². The monoisotopic (exact) mass is 394 g/mol. The smallest absolute Gasteiger partial charge is 0.373 e. The quantitative estimate of drug-likeness (QED) is 0.834. The molecule has 0 unspecified atom stereocenters. The first kappa shape index (κ1) is 21.1. The van der Waals surface area contributed by atoms with E-state index in [-0.39, 0.29) is 18.8 Å². The van der Waals surface area contributed by atoms with Crippen molar-refractivity contribution in [2.45, 2.75) is 56.5 Å². The van der Waals surface area contributed by atoms with Crippen molar-refractivity contribution in [1.82, 2.24) is 9.62 Å². The Morgan fingerprint density at radius 3 is 2.31 bits per heavy atom. The Labute approximate surface area is 152 Å². The van der Waals surface area contributed by atoms with Gasteiger partial charge in [0.25, 0.3) is 0 Å². The molecule has 26 heavy (non-hydrogen) atoms. The molecule has 1 aliphatic rings. The number of nitrogens with zero attached hydrogens (tertiary/aromatic N) is 1. The molecule has 1 aromatic rings. The zero-order valence-electron chi connectivity index (χ0n) is 15.3. The lowest BCUT2D eigenvalue weighted by atomic mass is 10.0. The summed E-state index contributed by atoms with van der Waals surface area (Å²) in [6, 6.07) is 3.74. The van der Waals surface area contributed by atoms with Crippen molar-refractivity contribution in [3.8, 4) is 0 Å². The summed E-state index contributed by atoms with van der Waals surface area (Å²) in [5, 5.41) is 0. The van der Waals surface area contributed by atoms with Gasteiger partial charge in [-0.3, -0.25) is 4.90 Å². The number of sulfonamides is 1. The summed E-state index contributed by atoms with van der Waals surface area (Å²) in [4.78, 5) is 1.73. The van der Waals surface area contributed by atoms with E-state index in [1.54, 1.807) is 0 Å². The van der Waals surface area contributed by atoms with E-state index in [4.69, 9.17) is 4.74 Å². The van der Waals surface area contributed by atoms with Crippen molar-refractivity contribution < 1.29 is 26.3 Å². The van der Waals surface area contributed by atoms with Gasteiger partial charge in [0.15, 0.2) is 0 Å². The molecule has 0 spiro atoms. The van der Waals surface area contributed by atoms with Crippen molar-refractivity contribution in [2.75, 3.05) is 19.6 Å². The molecule has 1 fully saturated rings. The SMILES string of the molecule is C[C@@H]1CN(C(C)(C)CNS(=O)(=O)c2cccc(C(F)(F)F)c2)C[C@@H](C)O1. The van der Waals surface area contributed by atoms with Crippen LogP contribution in [0.3, 0.4) is 0 Å². The molecule has 0 amide bonds. The van der Waals surface area contributed by atoms with Crippen molar-refractivity contribution in [3.05, 3.63) is 29.8 Å². The zero-order valence-corrected chi connectivity index (χ0v) is 16.1. The minimum atomic E-state index is -4.59. The van der Waals surface area contributed by atoms with E-state index in [0.717, 1.165) is 18.2 Å². The molecular formula is C17H25F3N2O3S. The lowest BCUT2D eigenvalue weighted by Gasteiger charge is -2.45. The Morgan fingerprint density at radius 2 is 1.77 bits per heavy atom. The standard InChI is InChI=1S/C17H25F3N2O3S/c1-12-9-22(10-13(2)25-12)16(3,4)11-21-26(23,24)15-7-5-6-14(8-15)17(18,19)20/h5-8,12-13,21H,9-11H2,1-4H3/t12-,13-/m1/s1. The van der Waals surface area contributed by atoms with Crippen molar-refractivity contribution in [3.63, 3.8) is 0 Å². The van der Waals surface area contributed by atoms with Crippen molar-refractivity contribution >= 4 is 10.0 Å². The average molecular weight is 394 g/mol. The maximum atomic E-state index is 12.8. The first-order valence-electron chi connectivity index (χ1n) is 8.39. The largest absolute Gasteiger partial charge is 0.416 e. The summed E-state index contributed by atoms with van der Waals surface area (Å²) in [5.74, 6) is 0. The molecule has 148 valence electrons. The molecular weight excluding hydrogens is 369 g/mol. The third kappa shape index (κ3) is 5.18. The van der Waals surface area contributed by atoms with Gasteiger partial charge in [0.1, 0.15) is 0 Å². The number of rotatable bonds is 5. The molecule has 1 N–H and O–H groups in total.